The van der Waals surface area contributed by atoms with Crippen molar-refractivity contribution in [1.82, 2.24) is 5.32 Å². The van der Waals surface area contributed by atoms with Crippen LogP contribution in [0.5, 0.6) is 0 Å². The van der Waals surface area contributed by atoms with Gasteiger partial charge in [-0.1, -0.05) is 0 Å². The Bertz CT molecular complexity index is 180. The Balaban J connectivity index is 2.21. The van der Waals surface area contributed by atoms with Gasteiger partial charge in [-0.25, -0.2) is 0 Å². The molecule has 1 rings (SSSR count). The van der Waals surface area contributed by atoms with Gasteiger partial charge in [-0.2, -0.15) is 11.8 Å². The van der Waals surface area contributed by atoms with Crippen molar-refractivity contribution in [2.24, 2.45) is 0 Å². The molecular weight excluding hydrogens is 186 g/mol. The Hall–Kier alpha value is -0.220. The number of carboxylic acid groups (broad SMARTS) is 1. The molecule has 3 nitrogen and oxygen atoms in total. The predicted molar refractivity (Wildman–Crippen MR) is 55.2 cm³/mol. The van der Waals surface area contributed by atoms with Crippen LogP contribution in [0.1, 0.15) is 25.7 Å². The van der Waals surface area contributed by atoms with Gasteiger partial charge in [-0.3, -0.25) is 4.79 Å². The van der Waals surface area contributed by atoms with Crippen LogP contribution in [0, 0.1) is 0 Å². The van der Waals surface area contributed by atoms with Crippen LogP contribution in [0.25, 0.3) is 0 Å². The molecule has 0 aromatic carbocycles. The molecule has 2 N–H and O–H groups in total. The van der Waals surface area contributed by atoms with E-state index in [2.05, 4.69) is 11.6 Å². The highest BCUT2D eigenvalue weighted by Crippen LogP contribution is 2.31. The molecule has 0 spiro atoms. The third-order valence-corrected chi connectivity index (χ3v) is 3.30. The smallest absolute Gasteiger partial charge is 0.323 e. The minimum Gasteiger partial charge on any atom is -0.480 e. The second-order valence-corrected chi connectivity index (χ2v) is 4.50. The summed E-state index contributed by atoms with van der Waals surface area (Å²) in [5.74, 6) is 0.422. The third-order valence-electron chi connectivity index (χ3n) is 2.61. The quantitative estimate of drug-likeness (QED) is 0.640. The molecule has 76 valence electrons. The highest BCUT2D eigenvalue weighted by molar-refractivity contribution is 7.98. The van der Waals surface area contributed by atoms with E-state index in [0.29, 0.717) is 0 Å². The minimum absolute atomic E-state index is 0.571. The number of rotatable bonds is 6. The topological polar surface area (TPSA) is 49.3 Å². The average Bonchev–Trinajstić information content (AvgIpc) is 2.01. The number of aliphatic carboxylic acids is 1. The van der Waals surface area contributed by atoms with Crippen LogP contribution in [-0.2, 0) is 4.79 Å². The van der Waals surface area contributed by atoms with E-state index in [4.69, 9.17) is 5.11 Å². The van der Waals surface area contributed by atoms with Crippen LogP contribution < -0.4 is 5.32 Å². The highest BCUT2D eigenvalue weighted by Gasteiger charge is 2.43. The molecule has 0 amide bonds. The first-order valence-electron chi connectivity index (χ1n) is 4.69. The van der Waals surface area contributed by atoms with E-state index in [0.717, 1.165) is 38.0 Å². The van der Waals surface area contributed by atoms with Crippen molar-refractivity contribution in [2.75, 3.05) is 18.6 Å². The fourth-order valence-corrected chi connectivity index (χ4v) is 1.97. The summed E-state index contributed by atoms with van der Waals surface area (Å²) < 4.78 is 0. The lowest BCUT2D eigenvalue weighted by Gasteiger charge is -2.38. The first-order chi connectivity index (χ1) is 6.21. The van der Waals surface area contributed by atoms with Gasteiger partial charge in [-0.15, -0.1) is 0 Å². The zero-order chi connectivity index (χ0) is 9.73. The Morgan fingerprint density at radius 1 is 1.62 bits per heavy atom. The zero-order valence-corrected chi connectivity index (χ0v) is 8.82. The van der Waals surface area contributed by atoms with Crippen LogP contribution in [-0.4, -0.2) is 35.2 Å². The molecule has 13 heavy (non-hydrogen) atoms. The first-order valence-corrected chi connectivity index (χ1v) is 6.08. The number of nitrogens with one attached hydrogen (secondary N) is 1. The Kier molecular flexibility index (Phi) is 4.06. The third kappa shape index (κ3) is 2.61. The number of thioether (sulfide) groups is 1. The Labute approximate surface area is 83.3 Å². The van der Waals surface area contributed by atoms with Crippen molar-refractivity contribution in [2.45, 2.75) is 31.2 Å². The summed E-state index contributed by atoms with van der Waals surface area (Å²) >= 11 is 1.80. The van der Waals surface area contributed by atoms with Gasteiger partial charge in [0.2, 0.25) is 0 Å². The van der Waals surface area contributed by atoms with Gasteiger partial charge in [0.15, 0.2) is 0 Å². The summed E-state index contributed by atoms with van der Waals surface area (Å²) in [6.45, 7) is 0.827. The average molecular weight is 203 g/mol. The number of hydrogen-bond donors (Lipinski definition) is 2. The SMILES string of the molecule is CSCCCNC1(C(=O)O)CCC1. The molecule has 0 aliphatic heterocycles. The maximum Gasteiger partial charge on any atom is 0.323 e. The van der Waals surface area contributed by atoms with E-state index >= 15 is 0 Å². The summed E-state index contributed by atoms with van der Waals surface area (Å²) in [6.07, 6.45) is 5.75. The lowest BCUT2D eigenvalue weighted by Crippen LogP contribution is -2.57. The van der Waals surface area contributed by atoms with Crippen LogP contribution in [0.15, 0.2) is 0 Å². The second-order valence-electron chi connectivity index (χ2n) is 3.51. The standard InChI is InChI=1S/C9H17NO2S/c1-13-7-3-6-10-9(8(11)12)4-2-5-9/h10H,2-7H2,1H3,(H,11,12). The molecule has 0 heterocycles. The van der Waals surface area contributed by atoms with Crippen molar-refractivity contribution in [1.29, 1.82) is 0 Å². The monoisotopic (exact) mass is 203 g/mol. The molecule has 0 aromatic heterocycles. The minimum atomic E-state index is -0.678. The van der Waals surface area contributed by atoms with Gasteiger partial charge in [0.1, 0.15) is 5.54 Å². The van der Waals surface area contributed by atoms with Crippen LogP contribution in [0.3, 0.4) is 0 Å². The number of hydrogen-bond acceptors (Lipinski definition) is 3. The van der Waals surface area contributed by atoms with Gasteiger partial charge in [0, 0.05) is 0 Å². The molecule has 0 bridgehead atoms. The molecule has 4 heteroatoms. The van der Waals surface area contributed by atoms with E-state index < -0.39 is 11.5 Å². The maximum atomic E-state index is 10.9. The zero-order valence-electron chi connectivity index (χ0n) is 8.01. The number of carboxylic acids is 1. The van der Waals surface area contributed by atoms with Gasteiger partial charge in [0.25, 0.3) is 0 Å². The second kappa shape index (κ2) is 4.86. The van der Waals surface area contributed by atoms with Crippen molar-refractivity contribution in [3.63, 3.8) is 0 Å². The highest BCUT2D eigenvalue weighted by atomic mass is 32.2. The molecule has 1 fully saturated rings. The molecule has 1 aliphatic carbocycles. The number of carbonyl (C=O) groups is 1. The first kappa shape index (κ1) is 10.9. The van der Waals surface area contributed by atoms with E-state index in [9.17, 15) is 4.79 Å². The Morgan fingerprint density at radius 3 is 2.69 bits per heavy atom. The molecule has 0 saturated heterocycles. The normalized spacial score (nSPS) is 19.5. The molecule has 1 aliphatic rings. The van der Waals surface area contributed by atoms with E-state index in [-0.39, 0.29) is 0 Å². The van der Waals surface area contributed by atoms with Crippen LogP contribution in [0.2, 0.25) is 0 Å². The summed E-state index contributed by atoms with van der Waals surface area (Å²) in [4.78, 5) is 10.9. The molecule has 0 unspecified atom stereocenters. The van der Waals surface area contributed by atoms with Gasteiger partial charge >= 0.3 is 5.97 Å². The van der Waals surface area contributed by atoms with Crippen molar-refractivity contribution < 1.29 is 9.90 Å². The maximum absolute atomic E-state index is 10.9. The lowest BCUT2D eigenvalue weighted by atomic mass is 9.77. The predicted octanol–water partition coefficient (Wildman–Crippen LogP) is 1.34. The van der Waals surface area contributed by atoms with Gasteiger partial charge in [-0.05, 0) is 44.2 Å². The van der Waals surface area contributed by atoms with Crippen molar-refractivity contribution in [3.05, 3.63) is 0 Å². The fourth-order valence-electron chi connectivity index (χ4n) is 1.54. The van der Waals surface area contributed by atoms with E-state index in [1.54, 1.807) is 11.8 Å². The molecule has 0 aromatic rings. The summed E-state index contributed by atoms with van der Waals surface area (Å²) in [7, 11) is 0. The lowest BCUT2D eigenvalue weighted by molar-refractivity contribution is -0.148. The summed E-state index contributed by atoms with van der Waals surface area (Å²) in [6, 6.07) is 0. The van der Waals surface area contributed by atoms with Crippen LogP contribution >= 0.6 is 11.8 Å². The Morgan fingerprint density at radius 2 is 2.31 bits per heavy atom. The van der Waals surface area contributed by atoms with E-state index in [1.807, 2.05) is 0 Å². The van der Waals surface area contributed by atoms with E-state index in [1.165, 1.54) is 0 Å². The molecule has 0 atom stereocenters. The summed E-state index contributed by atoms with van der Waals surface area (Å²) in [5, 5.41) is 12.1. The molecule has 1 saturated carbocycles. The largest absolute Gasteiger partial charge is 0.480 e. The fraction of sp³-hybridized carbons (Fsp3) is 0.889. The van der Waals surface area contributed by atoms with Gasteiger partial charge in [0.05, 0.1) is 0 Å². The van der Waals surface area contributed by atoms with Crippen LogP contribution in [0.4, 0.5) is 0 Å². The van der Waals surface area contributed by atoms with Gasteiger partial charge < -0.3 is 10.4 Å². The van der Waals surface area contributed by atoms with Crippen molar-refractivity contribution >= 4 is 17.7 Å². The molecule has 0 radical (unpaired) electrons. The summed E-state index contributed by atoms with van der Waals surface area (Å²) in [5.41, 5.74) is -0.571. The molecular formula is C9H17NO2S. The van der Waals surface area contributed by atoms with Crippen molar-refractivity contribution in [3.8, 4) is 0 Å².